The summed E-state index contributed by atoms with van der Waals surface area (Å²) in [5.74, 6) is -3.68. The number of benzene rings is 2. The van der Waals surface area contributed by atoms with Crippen LogP contribution in [0.4, 0.5) is 23.2 Å². The first-order chi connectivity index (χ1) is 9.51. The highest BCUT2D eigenvalue weighted by atomic mass is 19.2. The Morgan fingerprint density at radius 2 is 1.65 bits per heavy atom. The fraction of sp³-hybridized carbons (Fsp3) is 0.200. The molecule has 1 N–H and O–H groups in total. The lowest BCUT2D eigenvalue weighted by molar-refractivity contribution is 0.495. The fourth-order valence-corrected chi connectivity index (χ4v) is 1.97. The average molecular weight is 283 g/mol. The van der Waals surface area contributed by atoms with Gasteiger partial charge in [-0.25, -0.2) is 17.6 Å². The van der Waals surface area contributed by atoms with E-state index in [0.29, 0.717) is 18.1 Å². The Labute approximate surface area is 114 Å². The van der Waals surface area contributed by atoms with Gasteiger partial charge in [-0.1, -0.05) is 19.1 Å². The predicted octanol–water partition coefficient (Wildman–Crippen LogP) is 4.81. The highest BCUT2D eigenvalue weighted by molar-refractivity contribution is 5.47. The van der Waals surface area contributed by atoms with Crippen molar-refractivity contribution in [3.63, 3.8) is 0 Å². The third-order valence-corrected chi connectivity index (χ3v) is 3.00. The van der Waals surface area contributed by atoms with Gasteiger partial charge in [-0.2, -0.15) is 0 Å². The molecule has 0 fully saturated rings. The van der Waals surface area contributed by atoms with Crippen LogP contribution in [0, 0.1) is 23.3 Å². The van der Waals surface area contributed by atoms with Crippen LogP contribution >= 0.6 is 0 Å². The van der Waals surface area contributed by atoms with E-state index in [0.717, 1.165) is 6.07 Å². The summed E-state index contributed by atoms with van der Waals surface area (Å²) in [6.45, 7) is 1.82. The second-order valence-electron chi connectivity index (χ2n) is 4.41. The monoisotopic (exact) mass is 283 g/mol. The van der Waals surface area contributed by atoms with Crippen LogP contribution in [0.3, 0.4) is 0 Å². The van der Waals surface area contributed by atoms with Crippen LogP contribution in [0.1, 0.15) is 24.9 Å². The van der Waals surface area contributed by atoms with Gasteiger partial charge in [0.25, 0.3) is 0 Å². The number of nitrogens with one attached hydrogen (secondary N) is 1. The van der Waals surface area contributed by atoms with Gasteiger partial charge in [-0.15, -0.1) is 0 Å². The molecule has 106 valence electrons. The average Bonchev–Trinajstić information content (AvgIpc) is 2.41. The normalized spacial score (nSPS) is 12.2. The van der Waals surface area contributed by atoms with E-state index in [2.05, 4.69) is 5.32 Å². The zero-order chi connectivity index (χ0) is 14.7. The molecule has 5 heteroatoms. The summed E-state index contributed by atoms with van der Waals surface area (Å²) in [6, 6.07) is 6.68. The summed E-state index contributed by atoms with van der Waals surface area (Å²) in [7, 11) is 0. The molecule has 0 saturated carbocycles. The zero-order valence-electron chi connectivity index (χ0n) is 10.8. The number of hydrogen-bond acceptors (Lipinski definition) is 1. The van der Waals surface area contributed by atoms with E-state index < -0.39 is 29.3 Å². The van der Waals surface area contributed by atoms with E-state index >= 15 is 0 Å². The standard InChI is InChI=1S/C15H13F4N/c1-2-14(9-4-3-5-10(16)6-9)20-15-8-12(18)11(17)7-13(15)19/h3-8,14,20H,2H2,1H3. The molecule has 0 aromatic heterocycles. The minimum absolute atomic E-state index is 0.153. The van der Waals surface area contributed by atoms with Crippen LogP contribution in [0.5, 0.6) is 0 Å². The van der Waals surface area contributed by atoms with Gasteiger partial charge in [0.15, 0.2) is 11.6 Å². The molecular formula is C15H13F4N. The first-order valence-corrected chi connectivity index (χ1v) is 6.17. The highest BCUT2D eigenvalue weighted by Crippen LogP contribution is 2.26. The third kappa shape index (κ3) is 3.10. The Balaban J connectivity index is 2.29. The zero-order valence-corrected chi connectivity index (χ0v) is 10.8. The van der Waals surface area contributed by atoms with E-state index in [1.807, 2.05) is 6.92 Å². The smallest absolute Gasteiger partial charge is 0.161 e. The maximum absolute atomic E-state index is 13.6. The van der Waals surface area contributed by atoms with E-state index in [1.54, 1.807) is 6.07 Å². The van der Waals surface area contributed by atoms with Crippen LogP contribution < -0.4 is 5.32 Å². The van der Waals surface area contributed by atoms with Crippen LogP contribution in [0.2, 0.25) is 0 Å². The second-order valence-corrected chi connectivity index (χ2v) is 4.41. The summed E-state index contributed by atoms with van der Waals surface area (Å²) in [4.78, 5) is 0. The second kappa shape index (κ2) is 5.94. The van der Waals surface area contributed by atoms with Gasteiger partial charge in [0.1, 0.15) is 11.6 Å². The molecule has 0 aliphatic heterocycles. The van der Waals surface area contributed by atoms with E-state index in [9.17, 15) is 17.6 Å². The van der Waals surface area contributed by atoms with Gasteiger partial charge in [0.05, 0.1) is 11.7 Å². The lowest BCUT2D eigenvalue weighted by Crippen LogP contribution is -2.11. The summed E-state index contributed by atoms with van der Waals surface area (Å²) >= 11 is 0. The first-order valence-electron chi connectivity index (χ1n) is 6.17. The highest BCUT2D eigenvalue weighted by Gasteiger charge is 2.15. The van der Waals surface area contributed by atoms with Crippen LogP contribution in [-0.2, 0) is 0 Å². The van der Waals surface area contributed by atoms with Crippen molar-refractivity contribution >= 4 is 5.69 Å². The Morgan fingerprint density at radius 1 is 0.950 bits per heavy atom. The van der Waals surface area contributed by atoms with Crippen molar-refractivity contribution in [3.05, 3.63) is 65.2 Å². The molecule has 2 aromatic carbocycles. The van der Waals surface area contributed by atoms with Gasteiger partial charge < -0.3 is 5.32 Å². The quantitative estimate of drug-likeness (QED) is 0.627. The van der Waals surface area contributed by atoms with Gasteiger partial charge in [0.2, 0.25) is 0 Å². The van der Waals surface area contributed by atoms with Crippen molar-refractivity contribution in [1.29, 1.82) is 0 Å². The Morgan fingerprint density at radius 3 is 2.30 bits per heavy atom. The summed E-state index contributed by atoms with van der Waals surface area (Å²) < 4.78 is 52.8. The SMILES string of the molecule is CCC(Nc1cc(F)c(F)cc1F)c1cccc(F)c1. The van der Waals surface area contributed by atoms with Crippen molar-refractivity contribution in [2.24, 2.45) is 0 Å². The number of rotatable bonds is 4. The molecular weight excluding hydrogens is 270 g/mol. The van der Waals surface area contributed by atoms with E-state index in [-0.39, 0.29) is 5.69 Å². The summed E-state index contributed by atoms with van der Waals surface area (Å²) in [5.41, 5.74) is 0.455. The minimum atomic E-state index is -1.24. The third-order valence-electron chi connectivity index (χ3n) is 3.00. The van der Waals surface area contributed by atoms with Crippen molar-refractivity contribution < 1.29 is 17.6 Å². The molecule has 20 heavy (non-hydrogen) atoms. The van der Waals surface area contributed by atoms with Crippen LogP contribution in [-0.4, -0.2) is 0 Å². The molecule has 1 unspecified atom stereocenters. The summed E-state index contributed by atoms with van der Waals surface area (Å²) in [5, 5.41) is 2.76. The predicted molar refractivity (Wildman–Crippen MR) is 69.4 cm³/mol. The van der Waals surface area contributed by atoms with Crippen molar-refractivity contribution in [2.45, 2.75) is 19.4 Å². The summed E-state index contributed by atoms with van der Waals surface area (Å²) in [6.07, 6.45) is 0.530. The van der Waals surface area contributed by atoms with E-state index in [1.165, 1.54) is 18.2 Å². The molecule has 0 aliphatic rings. The molecule has 0 saturated heterocycles. The molecule has 0 bridgehead atoms. The minimum Gasteiger partial charge on any atom is -0.376 e. The molecule has 0 aliphatic carbocycles. The van der Waals surface area contributed by atoms with Gasteiger partial charge >= 0.3 is 0 Å². The first kappa shape index (κ1) is 14.4. The molecule has 1 atom stereocenters. The number of halogens is 4. The van der Waals surface area contributed by atoms with Crippen molar-refractivity contribution in [1.82, 2.24) is 0 Å². The molecule has 2 aromatic rings. The fourth-order valence-electron chi connectivity index (χ4n) is 1.97. The number of anilines is 1. The topological polar surface area (TPSA) is 12.0 Å². The van der Waals surface area contributed by atoms with Gasteiger partial charge in [-0.3, -0.25) is 0 Å². The molecule has 0 radical (unpaired) electrons. The van der Waals surface area contributed by atoms with Crippen LogP contribution in [0.25, 0.3) is 0 Å². The molecule has 0 spiro atoms. The van der Waals surface area contributed by atoms with Crippen molar-refractivity contribution in [2.75, 3.05) is 5.32 Å². The lowest BCUT2D eigenvalue weighted by Gasteiger charge is -2.19. The molecule has 0 amide bonds. The maximum Gasteiger partial charge on any atom is 0.161 e. The van der Waals surface area contributed by atoms with Gasteiger partial charge in [-0.05, 0) is 24.1 Å². The molecule has 1 nitrogen and oxygen atoms in total. The molecule has 0 heterocycles. The lowest BCUT2D eigenvalue weighted by atomic mass is 10.0. The van der Waals surface area contributed by atoms with Crippen molar-refractivity contribution in [3.8, 4) is 0 Å². The largest absolute Gasteiger partial charge is 0.376 e. The number of hydrogen-bond donors (Lipinski definition) is 1. The Kier molecular flexibility index (Phi) is 4.27. The Hall–Kier alpha value is -2.04. The Bertz CT molecular complexity index is 613. The molecule has 2 rings (SSSR count). The van der Waals surface area contributed by atoms with Crippen LogP contribution in [0.15, 0.2) is 36.4 Å². The van der Waals surface area contributed by atoms with Gasteiger partial charge in [0, 0.05) is 12.1 Å². The van der Waals surface area contributed by atoms with E-state index in [4.69, 9.17) is 0 Å². The maximum atomic E-state index is 13.6.